The lowest BCUT2D eigenvalue weighted by Gasteiger charge is -2.26. The Morgan fingerprint density at radius 3 is 2.56 bits per heavy atom. The van der Waals surface area contributed by atoms with Gasteiger partial charge in [-0.15, -0.1) is 11.3 Å². The SMILES string of the molecule is Cc1ccc(CN(C)C(=O)c2cc(C(=O)N3Cc4ccc(OCCCN5CCNC(=O)C5)cc4C3)c(O)cc2O)s1. The summed E-state index contributed by atoms with van der Waals surface area (Å²) < 4.78 is 5.93. The number of ether oxygens (including phenoxy) is 1. The van der Waals surface area contributed by atoms with Gasteiger partial charge in [0.2, 0.25) is 5.91 Å². The molecule has 3 heterocycles. The highest BCUT2D eigenvalue weighted by Gasteiger charge is 2.29. The summed E-state index contributed by atoms with van der Waals surface area (Å²) in [4.78, 5) is 45.4. The Labute approximate surface area is 242 Å². The molecule has 216 valence electrons. The lowest BCUT2D eigenvalue weighted by Crippen LogP contribution is -2.47. The molecule has 0 spiro atoms. The maximum Gasteiger partial charge on any atom is 0.258 e. The molecular formula is C30H34N4O6S. The van der Waals surface area contributed by atoms with E-state index in [0.29, 0.717) is 45.1 Å². The summed E-state index contributed by atoms with van der Waals surface area (Å²) in [5.74, 6) is -0.885. The molecule has 11 heteroatoms. The van der Waals surface area contributed by atoms with Gasteiger partial charge in [0.1, 0.15) is 17.2 Å². The van der Waals surface area contributed by atoms with Crippen LogP contribution >= 0.6 is 11.3 Å². The first-order valence-corrected chi connectivity index (χ1v) is 14.4. The van der Waals surface area contributed by atoms with E-state index in [1.807, 2.05) is 37.3 Å². The number of amides is 3. The zero-order valence-electron chi connectivity index (χ0n) is 23.2. The van der Waals surface area contributed by atoms with E-state index in [2.05, 4.69) is 10.2 Å². The van der Waals surface area contributed by atoms with Crippen molar-refractivity contribution in [1.29, 1.82) is 0 Å². The summed E-state index contributed by atoms with van der Waals surface area (Å²) >= 11 is 1.59. The van der Waals surface area contributed by atoms with Crippen LogP contribution in [0.3, 0.4) is 0 Å². The van der Waals surface area contributed by atoms with Crippen LogP contribution in [-0.4, -0.2) is 82.5 Å². The summed E-state index contributed by atoms with van der Waals surface area (Å²) in [5, 5.41) is 23.8. The Balaban J connectivity index is 1.20. The van der Waals surface area contributed by atoms with Crippen LogP contribution in [0.4, 0.5) is 0 Å². The third-order valence-electron chi connectivity index (χ3n) is 7.30. The van der Waals surface area contributed by atoms with E-state index in [1.165, 1.54) is 11.0 Å². The first-order valence-electron chi connectivity index (χ1n) is 13.6. The maximum atomic E-state index is 13.5. The molecule has 0 bridgehead atoms. The molecule has 2 aliphatic heterocycles. The van der Waals surface area contributed by atoms with Crippen LogP contribution in [-0.2, 0) is 24.4 Å². The molecule has 3 aromatic rings. The smallest absolute Gasteiger partial charge is 0.258 e. The average Bonchev–Trinajstić information content (AvgIpc) is 3.56. The molecule has 41 heavy (non-hydrogen) atoms. The van der Waals surface area contributed by atoms with Gasteiger partial charge in [-0.1, -0.05) is 6.07 Å². The number of phenolic OH excluding ortho intramolecular Hbond substituents is 2. The van der Waals surface area contributed by atoms with E-state index in [1.54, 1.807) is 23.3 Å². The number of hydrogen-bond acceptors (Lipinski definition) is 8. The van der Waals surface area contributed by atoms with Crippen LogP contribution in [0, 0.1) is 6.92 Å². The van der Waals surface area contributed by atoms with Crippen molar-refractivity contribution >= 4 is 29.1 Å². The fourth-order valence-corrected chi connectivity index (χ4v) is 6.08. The Hall–Kier alpha value is -4.09. The van der Waals surface area contributed by atoms with Crippen LogP contribution in [0.1, 0.15) is 48.0 Å². The van der Waals surface area contributed by atoms with Gasteiger partial charge in [0, 0.05) is 55.6 Å². The van der Waals surface area contributed by atoms with Crippen LogP contribution < -0.4 is 10.1 Å². The van der Waals surface area contributed by atoms with Crippen molar-refractivity contribution in [2.75, 3.05) is 39.8 Å². The summed E-state index contributed by atoms with van der Waals surface area (Å²) in [7, 11) is 1.63. The van der Waals surface area contributed by atoms with Crippen molar-refractivity contribution in [1.82, 2.24) is 20.0 Å². The molecule has 1 saturated heterocycles. The van der Waals surface area contributed by atoms with Crippen molar-refractivity contribution in [3.63, 3.8) is 0 Å². The number of carbonyl (C=O) groups is 3. The molecule has 0 radical (unpaired) electrons. The Bertz CT molecular complexity index is 1470. The third-order valence-corrected chi connectivity index (χ3v) is 8.29. The van der Waals surface area contributed by atoms with Gasteiger partial charge in [-0.3, -0.25) is 19.3 Å². The zero-order valence-corrected chi connectivity index (χ0v) is 24.0. The van der Waals surface area contributed by atoms with Crippen molar-refractivity contribution in [3.05, 3.63) is 74.5 Å². The predicted molar refractivity (Wildman–Crippen MR) is 154 cm³/mol. The molecule has 0 aliphatic carbocycles. The van der Waals surface area contributed by atoms with E-state index in [4.69, 9.17) is 4.74 Å². The second kappa shape index (κ2) is 12.2. The van der Waals surface area contributed by atoms with E-state index in [9.17, 15) is 24.6 Å². The molecule has 3 amide bonds. The highest BCUT2D eigenvalue weighted by atomic mass is 32.1. The molecule has 2 aliphatic rings. The number of rotatable bonds is 9. The van der Waals surface area contributed by atoms with E-state index >= 15 is 0 Å². The number of fused-ring (bicyclic) bond motifs is 1. The quantitative estimate of drug-likeness (QED) is 0.334. The fourth-order valence-electron chi connectivity index (χ4n) is 5.14. The summed E-state index contributed by atoms with van der Waals surface area (Å²) in [5.41, 5.74) is 1.84. The largest absolute Gasteiger partial charge is 0.507 e. The molecular weight excluding hydrogens is 544 g/mol. The molecule has 1 fully saturated rings. The number of carbonyl (C=O) groups excluding carboxylic acids is 3. The van der Waals surface area contributed by atoms with Crippen LogP contribution in [0.15, 0.2) is 42.5 Å². The number of hydrogen-bond donors (Lipinski definition) is 3. The number of nitrogens with zero attached hydrogens (tertiary/aromatic N) is 3. The van der Waals surface area contributed by atoms with Gasteiger partial charge in [-0.05, 0) is 54.8 Å². The van der Waals surface area contributed by atoms with Gasteiger partial charge >= 0.3 is 0 Å². The second-order valence-corrected chi connectivity index (χ2v) is 11.9. The minimum atomic E-state index is -0.447. The zero-order chi connectivity index (χ0) is 29.1. The molecule has 0 saturated carbocycles. The number of aryl methyl sites for hydroxylation is 1. The van der Waals surface area contributed by atoms with Gasteiger partial charge in [-0.2, -0.15) is 0 Å². The molecule has 10 nitrogen and oxygen atoms in total. The second-order valence-electron chi connectivity index (χ2n) is 10.5. The molecule has 0 atom stereocenters. The Morgan fingerprint density at radius 2 is 1.80 bits per heavy atom. The van der Waals surface area contributed by atoms with Crippen molar-refractivity contribution in [2.24, 2.45) is 0 Å². The summed E-state index contributed by atoms with van der Waals surface area (Å²) in [6.07, 6.45) is 0.790. The summed E-state index contributed by atoms with van der Waals surface area (Å²) in [6, 6.07) is 12.0. The topological polar surface area (TPSA) is 123 Å². The average molecular weight is 579 g/mol. The van der Waals surface area contributed by atoms with Crippen molar-refractivity contribution < 1.29 is 29.3 Å². The number of nitrogens with one attached hydrogen (secondary N) is 1. The minimum Gasteiger partial charge on any atom is -0.507 e. The van der Waals surface area contributed by atoms with Gasteiger partial charge < -0.3 is 30.1 Å². The number of aromatic hydroxyl groups is 2. The molecule has 0 unspecified atom stereocenters. The fraction of sp³-hybridized carbons (Fsp3) is 0.367. The Kier molecular flexibility index (Phi) is 8.46. The standard InChI is InChI=1S/C30H34N4O6S/c1-19-4-7-23(41-19)17-32(2)29(38)24-13-25(27(36)14-26(24)35)30(39)34-15-20-5-6-22(12-21(20)16-34)40-11-3-9-33-10-8-31-28(37)18-33/h4-7,12-14,35-36H,3,8-11,15-18H2,1-2H3,(H,31,37). The van der Waals surface area contributed by atoms with E-state index in [-0.39, 0.29) is 28.5 Å². The van der Waals surface area contributed by atoms with Crippen LogP contribution in [0.2, 0.25) is 0 Å². The highest BCUT2D eigenvalue weighted by Crippen LogP contribution is 2.33. The maximum absolute atomic E-state index is 13.5. The monoisotopic (exact) mass is 578 g/mol. The van der Waals surface area contributed by atoms with Crippen molar-refractivity contribution in [3.8, 4) is 17.2 Å². The van der Waals surface area contributed by atoms with Crippen molar-refractivity contribution in [2.45, 2.75) is 33.0 Å². The molecule has 3 N–H and O–H groups in total. The van der Waals surface area contributed by atoms with Gasteiger partial charge in [0.25, 0.3) is 11.8 Å². The minimum absolute atomic E-state index is 0.0396. The van der Waals surface area contributed by atoms with Gasteiger partial charge in [-0.25, -0.2) is 0 Å². The van der Waals surface area contributed by atoms with Crippen LogP contribution in [0.5, 0.6) is 17.2 Å². The van der Waals surface area contributed by atoms with Gasteiger partial charge in [0.15, 0.2) is 0 Å². The molecule has 1 aromatic heterocycles. The number of phenols is 2. The number of piperazine rings is 1. The molecule has 5 rings (SSSR count). The van der Waals surface area contributed by atoms with Crippen LogP contribution in [0.25, 0.3) is 0 Å². The first-order chi connectivity index (χ1) is 19.7. The van der Waals surface area contributed by atoms with E-state index in [0.717, 1.165) is 46.5 Å². The normalized spacial score (nSPS) is 15.0. The first kappa shape index (κ1) is 28.4. The lowest BCUT2D eigenvalue weighted by atomic mass is 10.1. The number of thiophene rings is 1. The lowest BCUT2D eigenvalue weighted by molar-refractivity contribution is -0.124. The summed E-state index contributed by atoms with van der Waals surface area (Å²) in [6.45, 7) is 6.26. The molecule has 2 aromatic carbocycles. The highest BCUT2D eigenvalue weighted by molar-refractivity contribution is 7.11. The third kappa shape index (κ3) is 6.63. The van der Waals surface area contributed by atoms with E-state index < -0.39 is 11.8 Å². The Morgan fingerprint density at radius 1 is 1.02 bits per heavy atom. The predicted octanol–water partition coefficient (Wildman–Crippen LogP) is 3.10. The van der Waals surface area contributed by atoms with Gasteiger partial charge in [0.05, 0.1) is 30.8 Å². The number of benzene rings is 2.